The first-order valence-electron chi connectivity index (χ1n) is 4.87. The van der Waals surface area contributed by atoms with Gasteiger partial charge in [0.05, 0.1) is 13.1 Å². The van der Waals surface area contributed by atoms with Crippen molar-refractivity contribution in [1.82, 2.24) is 0 Å². The first-order chi connectivity index (χ1) is 7.00. The van der Waals surface area contributed by atoms with Crippen LogP contribution >= 0.6 is 11.2 Å². The summed E-state index contributed by atoms with van der Waals surface area (Å²) >= 11 is -5.12. The van der Waals surface area contributed by atoms with E-state index in [-0.39, 0.29) is 0 Å². The number of para-hydroxylation sites is 1. The minimum atomic E-state index is -5.12. The van der Waals surface area contributed by atoms with Gasteiger partial charge < -0.3 is 4.90 Å². The Labute approximate surface area is 90.1 Å². The molecule has 5 heteroatoms. The van der Waals surface area contributed by atoms with Gasteiger partial charge in [-0.25, -0.2) is 0 Å². The molecule has 0 amide bonds. The van der Waals surface area contributed by atoms with Gasteiger partial charge in [-0.2, -0.15) is 0 Å². The van der Waals surface area contributed by atoms with Gasteiger partial charge in [0.25, 0.3) is 0 Å². The minimum Gasteiger partial charge on any atom is -0.302 e. The van der Waals surface area contributed by atoms with E-state index < -0.39 is 16.1 Å². The lowest BCUT2D eigenvalue weighted by atomic mass is 10.3. The Morgan fingerprint density at radius 2 is 1.60 bits per heavy atom. The van der Waals surface area contributed by atoms with Crippen LogP contribution in [0.3, 0.4) is 0 Å². The third kappa shape index (κ3) is 2.89. The van der Waals surface area contributed by atoms with E-state index in [0.717, 1.165) is 4.90 Å². The summed E-state index contributed by atoms with van der Waals surface area (Å²) in [6.45, 7) is 5.12. The van der Waals surface area contributed by atoms with Crippen LogP contribution in [0.5, 0.6) is 0 Å². The molecule has 0 saturated heterocycles. The van der Waals surface area contributed by atoms with Crippen molar-refractivity contribution in [1.29, 1.82) is 0 Å². The Morgan fingerprint density at radius 1 is 1.07 bits per heavy atom. The SMILES string of the molecule is CC[NH+](CC)c1ccccc1S(F)(F)F. The molecule has 0 heterocycles. The van der Waals surface area contributed by atoms with Gasteiger partial charge in [-0.05, 0) is 19.9 Å². The van der Waals surface area contributed by atoms with Gasteiger partial charge in [-0.1, -0.05) is 12.1 Å². The summed E-state index contributed by atoms with van der Waals surface area (Å²) in [5.41, 5.74) is 0.380. The second-order valence-corrected chi connectivity index (χ2v) is 4.47. The molecule has 15 heavy (non-hydrogen) atoms. The van der Waals surface area contributed by atoms with E-state index in [2.05, 4.69) is 0 Å². The molecule has 0 unspecified atom stereocenters. The first kappa shape index (κ1) is 12.4. The van der Waals surface area contributed by atoms with E-state index in [4.69, 9.17) is 0 Å². The Balaban J connectivity index is 3.17. The summed E-state index contributed by atoms with van der Waals surface area (Å²) < 4.78 is 38.3. The molecule has 0 saturated carbocycles. The Bertz CT molecular complexity index is 321. The van der Waals surface area contributed by atoms with E-state index in [9.17, 15) is 11.7 Å². The topological polar surface area (TPSA) is 4.44 Å². The number of hydrogen-bond acceptors (Lipinski definition) is 0. The summed E-state index contributed by atoms with van der Waals surface area (Å²) in [5.74, 6) is 0. The first-order valence-corrected chi connectivity index (χ1v) is 6.20. The van der Waals surface area contributed by atoms with Crippen LogP contribution in [0.2, 0.25) is 0 Å². The number of hydrogen-bond donors (Lipinski definition) is 1. The van der Waals surface area contributed by atoms with E-state index in [0.29, 0.717) is 18.8 Å². The monoisotopic (exact) mass is 238 g/mol. The van der Waals surface area contributed by atoms with Crippen LogP contribution in [0.15, 0.2) is 29.2 Å². The molecule has 0 bridgehead atoms. The number of nitrogens with one attached hydrogen (secondary N) is 1. The molecule has 0 aliphatic rings. The predicted molar refractivity (Wildman–Crippen MR) is 57.3 cm³/mol. The average Bonchev–Trinajstić information content (AvgIpc) is 2.19. The van der Waals surface area contributed by atoms with Gasteiger partial charge >= 0.3 is 0 Å². The maximum atomic E-state index is 12.8. The van der Waals surface area contributed by atoms with Gasteiger partial charge in [0.2, 0.25) is 11.2 Å². The van der Waals surface area contributed by atoms with Crippen molar-refractivity contribution >= 4 is 16.9 Å². The second kappa shape index (κ2) is 4.90. The van der Waals surface area contributed by atoms with Crippen molar-refractivity contribution in [2.45, 2.75) is 18.7 Å². The smallest absolute Gasteiger partial charge is 0.243 e. The van der Waals surface area contributed by atoms with Crippen LogP contribution in [0, 0.1) is 0 Å². The van der Waals surface area contributed by atoms with E-state index in [1.807, 2.05) is 13.8 Å². The zero-order chi connectivity index (χ0) is 11.5. The van der Waals surface area contributed by atoms with Crippen LogP contribution in [-0.2, 0) is 0 Å². The summed E-state index contributed by atoms with van der Waals surface area (Å²) in [5, 5.41) is 0. The molecule has 0 spiro atoms. The minimum absolute atomic E-state index is 0.380. The standard InChI is InChI=1S/C10H14F3NS/c1-3-14(4-2)9-7-5-6-8-10(9)15(11,12)13/h5-8H,3-4H2,1-2H3/p+1. The quantitative estimate of drug-likeness (QED) is 0.822. The molecular weight excluding hydrogens is 223 g/mol. The van der Waals surface area contributed by atoms with Gasteiger partial charge in [0.15, 0.2) is 5.69 Å². The highest BCUT2D eigenvalue weighted by molar-refractivity contribution is 8.21. The highest BCUT2D eigenvalue weighted by Gasteiger charge is 2.31. The largest absolute Gasteiger partial charge is 0.302 e. The second-order valence-electron chi connectivity index (χ2n) is 3.21. The molecule has 0 atom stereocenters. The molecule has 86 valence electrons. The molecule has 0 radical (unpaired) electrons. The van der Waals surface area contributed by atoms with Crippen LogP contribution in [0.25, 0.3) is 0 Å². The number of quaternary nitrogens is 1. The zero-order valence-electron chi connectivity index (χ0n) is 8.77. The maximum absolute atomic E-state index is 12.8. The molecule has 0 aromatic heterocycles. The maximum Gasteiger partial charge on any atom is 0.243 e. The van der Waals surface area contributed by atoms with E-state index in [1.165, 1.54) is 12.1 Å². The molecule has 0 aliphatic heterocycles. The third-order valence-electron chi connectivity index (χ3n) is 2.37. The van der Waals surface area contributed by atoms with Gasteiger partial charge in [-0.3, -0.25) is 0 Å². The van der Waals surface area contributed by atoms with E-state index in [1.54, 1.807) is 12.1 Å². The summed E-state index contributed by atoms with van der Waals surface area (Å²) in [4.78, 5) is 0.430. The van der Waals surface area contributed by atoms with E-state index >= 15 is 0 Å². The fourth-order valence-corrected chi connectivity index (χ4v) is 2.29. The Hall–Kier alpha value is -0.680. The van der Waals surface area contributed by atoms with Crippen molar-refractivity contribution < 1.29 is 16.6 Å². The normalized spacial score (nSPS) is 13.2. The van der Waals surface area contributed by atoms with Crippen LogP contribution in [0.4, 0.5) is 17.3 Å². The fraction of sp³-hybridized carbons (Fsp3) is 0.400. The molecular formula is C10H15F3NS+. The fourth-order valence-electron chi connectivity index (χ4n) is 1.59. The summed E-state index contributed by atoms with van der Waals surface area (Å²) in [6, 6.07) is 5.85. The third-order valence-corrected chi connectivity index (χ3v) is 3.23. The average molecular weight is 238 g/mol. The Morgan fingerprint density at radius 3 is 2.07 bits per heavy atom. The van der Waals surface area contributed by atoms with Crippen molar-refractivity contribution in [3.05, 3.63) is 24.3 Å². The van der Waals surface area contributed by atoms with Crippen molar-refractivity contribution in [2.24, 2.45) is 0 Å². The molecule has 1 aromatic carbocycles. The van der Waals surface area contributed by atoms with Crippen molar-refractivity contribution in [3.8, 4) is 0 Å². The zero-order valence-corrected chi connectivity index (χ0v) is 9.58. The number of rotatable bonds is 4. The molecule has 0 fully saturated rings. The highest BCUT2D eigenvalue weighted by Crippen LogP contribution is 2.62. The number of benzene rings is 1. The van der Waals surface area contributed by atoms with Crippen LogP contribution in [-0.4, -0.2) is 13.1 Å². The Kier molecular flexibility index (Phi) is 4.04. The molecule has 1 N–H and O–H groups in total. The number of halogens is 3. The summed E-state index contributed by atoms with van der Waals surface area (Å²) in [7, 11) is 0. The molecule has 1 rings (SSSR count). The summed E-state index contributed by atoms with van der Waals surface area (Å²) in [6.07, 6.45) is 0. The lowest BCUT2D eigenvalue weighted by molar-refractivity contribution is -0.830. The lowest BCUT2D eigenvalue weighted by Crippen LogP contribution is -3.06. The molecule has 1 nitrogen and oxygen atoms in total. The highest BCUT2D eigenvalue weighted by atomic mass is 32.3. The van der Waals surface area contributed by atoms with Crippen LogP contribution < -0.4 is 4.90 Å². The van der Waals surface area contributed by atoms with Crippen LogP contribution in [0.1, 0.15) is 13.8 Å². The van der Waals surface area contributed by atoms with Crippen molar-refractivity contribution in [2.75, 3.05) is 13.1 Å². The van der Waals surface area contributed by atoms with Gasteiger partial charge in [0.1, 0.15) is 4.90 Å². The lowest BCUT2D eigenvalue weighted by Gasteiger charge is -2.20. The van der Waals surface area contributed by atoms with Gasteiger partial charge in [0, 0.05) is 6.07 Å². The van der Waals surface area contributed by atoms with Gasteiger partial charge in [-0.15, -0.1) is 11.7 Å². The predicted octanol–water partition coefficient (Wildman–Crippen LogP) is 3.06. The molecule has 1 aromatic rings. The molecule has 0 aliphatic carbocycles. The van der Waals surface area contributed by atoms with Crippen molar-refractivity contribution in [3.63, 3.8) is 0 Å².